The van der Waals surface area contributed by atoms with Crippen LogP contribution in [0.1, 0.15) is 66.4 Å². The Kier molecular flexibility index (Phi) is 13.2. The van der Waals surface area contributed by atoms with E-state index < -0.39 is 47.9 Å². The summed E-state index contributed by atoms with van der Waals surface area (Å²) < 4.78 is 0. The van der Waals surface area contributed by atoms with Crippen molar-refractivity contribution in [1.82, 2.24) is 16.0 Å². The molecule has 1 rings (SSSR count). The van der Waals surface area contributed by atoms with Gasteiger partial charge in [-0.2, -0.15) is 0 Å². The fourth-order valence-corrected chi connectivity index (χ4v) is 3.78. The molecule has 6 N–H and O–H groups in total. The smallest absolute Gasteiger partial charge is 0.326 e. The van der Waals surface area contributed by atoms with Gasteiger partial charge in [-0.1, -0.05) is 78.3 Å². The second-order valence-corrected chi connectivity index (χ2v) is 10.4. The maximum Gasteiger partial charge on any atom is 0.326 e. The molecule has 9 nitrogen and oxygen atoms in total. The molecule has 1 aromatic carbocycles. The molecule has 0 heterocycles. The summed E-state index contributed by atoms with van der Waals surface area (Å²) in [5, 5.41) is 17.7. The fourth-order valence-electron chi connectivity index (χ4n) is 3.78. The normalized spacial score (nSPS) is 15.5. The van der Waals surface area contributed by atoms with E-state index in [1.165, 1.54) is 0 Å². The van der Waals surface area contributed by atoms with Gasteiger partial charge in [-0.25, -0.2) is 4.79 Å². The summed E-state index contributed by atoms with van der Waals surface area (Å²) in [6, 6.07) is 5.29. The van der Waals surface area contributed by atoms with Crippen LogP contribution in [0.4, 0.5) is 0 Å². The van der Waals surface area contributed by atoms with Crippen molar-refractivity contribution in [3.63, 3.8) is 0 Å². The van der Waals surface area contributed by atoms with Crippen LogP contribution < -0.4 is 21.7 Å². The van der Waals surface area contributed by atoms with Gasteiger partial charge in [0.2, 0.25) is 17.7 Å². The summed E-state index contributed by atoms with van der Waals surface area (Å²) in [4.78, 5) is 50.9. The summed E-state index contributed by atoms with van der Waals surface area (Å²) in [6.07, 6.45) is 1.51. The highest BCUT2D eigenvalue weighted by Gasteiger charge is 2.31. The van der Waals surface area contributed by atoms with Crippen molar-refractivity contribution in [2.45, 2.75) is 91.4 Å². The maximum atomic E-state index is 13.2. The highest BCUT2D eigenvalue weighted by molar-refractivity contribution is 5.94. The number of hydrogen-bond donors (Lipinski definition) is 5. The van der Waals surface area contributed by atoms with Crippen LogP contribution in [0.5, 0.6) is 0 Å². The SMILES string of the molecule is CCC(C)C(N)C(=O)NC(CC(C)C)C(=O)NC(CC(C)C)C(=O)NC(Cc1ccccc1)C(=O)O. The molecule has 3 amide bonds. The number of carbonyl (C=O) groups excluding carboxylic acids is 3. The van der Waals surface area contributed by atoms with Gasteiger partial charge in [0.25, 0.3) is 0 Å². The molecule has 5 unspecified atom stereocenters. The Morgan fingerprint density at radius 3 is 1.64 bits per heavy atom. The van der Waals surface area contributed by atoms with E-state index in [0.717, 1.165) is 12.0 Å². The van der Waals surface area contributed by atoms with Gasteiger partial charge in [-0.05, 0) is 36.2 Å². The summed E-state index contributed by atoms with van der Waals surface area (Å²) >= 11 is 0. The highest BCUT2D eigenvalue weighted by atomic mass is 16.4. The van der Waals surface area contributed by atoms with Crippen LogP contribution in [-0.2, 0) is 25.6 Å². The highest BCUT2D eigenvalue weighted by Crippen LogP contribution is 2.12. The summed E-state index contributed by atoms with van der Waals surface area (Å²) in [7, 11) is 0. The Morgan fingerprint density at radius 1 is 0.778 bits per heavy atom. The number of nitrogens with two attached hydrogens (primary N) is 1. The van der Waals surface area contributed by atoms with E-state index in [2.05, 4.69) is 16.0 Å². The van der Waals surface area contributed by atoms with Crippen molar-refractivity contribution in [2.75, 3.05) is 0 Å². The second kappa shape index (κ2) is 15.2. The fraction of sp³-hybridized carbons (Fsp3) is 0.630. The van der Waals surface area contributed by atoms with E-state index in [1.807, 2.05) is 47.6 Å². The lowest BCUT2D eigenvalue weighted by molar-refractivity contribution is -0.142. The predicted molar refractivity (Wildman–Crippen MR) is 140 cm³/mol. The van der Waals surface area contributed by atoms with E-state index in [-0.39, 0.29) is 24.2 Å². The Morgan fingerprint density at radius 2 is 1.22 bits per heavy atom. The van der Waals surface area contributed by atoms with Crippen LogP contribution in [0.25, 0.3) is 0 Å². The summed E-state index contributed by atoms with van der Waals surface area (Å²) in [6.45, 7) is 11.5. The molecular weight excluding hydrogens is 460 g/mol. The minimum atomic E-state index is -1.16. The third-order valence-electron chi connectivity index (χ3n) is 6.14. The van der Waals surface area contributed by atoms with Crippen LogP contribution in [0, 0.1) is 17.8 Å². The molecule has 5 atom stereocenters. The third kappa shape index (κ3) is 10.8. The molecule has 202 valence electrons. The lowest BCUT2D eigenvalue weighted by Gasteiger charge is -2.27. The second-order valence-electron chi connectivity index (χ2n) is 10.4. The average Bonchev–Trinajstić information content (AvgIpc) is 2.81. The summed E-state index contributed by atoms with van der Waals surface area (Å²) in [5.74, 6) is -2.55. The standard InChI is InChI=1S/C27H44N4O5/c1-7-18(6)23(28)26(34)30-21(14-17(4)5)24(32)29-20(13-16(2)3)25(33)31-22(27(35)36)15-19-11-9-8-10-12-19/h8-12,16-18,20-23H,7,13-15,28H2,1-6H3,(H,29,32)(H,30,34)(H,31,33)(H,35,36). The van der Waals surface area contributed by atoms with E-state index in [1.54, 1.807) is 24.3 Å². The number of carboxylic acids is 1. The molecule has 0 radical (unpaired) electrons. The van der Waals surface area contributed by atoms with Gasteiger partial charge in [0.15, 0.2) is 0 Å². The monoisotopic (exact) mass is 504 g/mol. The van der Waals surface area contributed by atoms with Crippen molar-refractivity contribution < 1.29 is 24.3 Å². The zero-order chi connectivity index (χ0) is 27.4. The zero-order valence-electron chi connectivity index (χ0n) is 22.4. The first-order valence-corrected chi connectivity index (χ1v) is 12.8. The number of nitrogens with one attached hydrogen (secondary N) is 3. The Bertz CT molecular complexity index is 859. The molecule has 36 heavy (non-hydrogen) atoms. The van der Waals surface area contributed by atoms with Gasteiger partial charge in [-0.3, -0.25) is 14.4 Å². The summed E-state index contributed by atoms with van der Waals surface area (Å²) in [5.41, 5.74) is 6.82. The van der Waals surface area contributed by atoms with Gasteiger partial charge in [0.05, 0.1) is 6.04 Å². The number of amides is 3. The molecule has 0 aliphatic heterocycles. The minimum Gasteiger partial charge on any atom is -0.480 e. The maximum absolute atomic E-state index is 13.2. The van der Waals surface area contributed by atoms with Crippen molar-refractivity contribution in [1.29, 1.82) is 0 Å². The van der Waals surface area contributed by atoms with Crippen LogP contribution in [0.15, 0.2) is 30.3 Å². The Labute approximate surface area is 215 Å². The largest absolute Gasteiger partial charge is 0.480 e. The molecule has 0 fully saturated rings. The quantitative estimate of drug-likeness (QED) is 0.247. The molecule has 0 aliphatic carbocycles. The average molecular weight is 505 g/mol. The van der Waals surface area contributed by atoms with E-state index in [4.69, 9.17) is 5.73 Å². The molecule has 0 aromatic heterocycles. The topological polar surface area (TPSA) is 151 Å². The van der Waals surface area contributed by atoms with E-state index in [0.29, 0.717) is 12.8 Å². The Balaban J connectivity index is 3.01. The molecule has 0 aliphatic rings. The molecule has 9 heteroatoms. The molecular formula is C27H44N4O5. The van der Waals surface area contributed by atoms with Crippen molar-refractivity contribution in [3.8, 4) is 0 Å². The van der Waals surface area contributed by atoms with Gasteiger partial charge < -0.3 is 26.8 Å². The lowest BCUT2D eigenvalue weighted by atomic mass is 9.97. The van der Waals surface area contributed by atoms with Crippen LogP contribution in [0.3, 0.4) is 0 Å². The molecule has 0 spiro atoms. The number of carbonyl (C=O) groups is 4. The lowest BCUT2D eigenvalue weighted by Crippen LogP contribution is -2.58. The molecule has 0 saturated heterocycles. The zero-order valence-corrected chi connectivity index (χ0v) is 22.4. The number of hydrogen-bond acceptors (Lipinski definition) is 5. The molecule has 1 aromatic rings. The predicted octanol–water partition coefficient (Wildman–Crippen LogP) is 2.23. The van der Waals surface area contributed by atoms with Crippen LogP contribution >= 0.6 is 0 Å². The first-order valence-electron chi connectivity index (χ1n) is 12.8. The van der Waals surface area contributed by atoms with Crippen LogP contribution in [-0.4, -0.2) is 53.0 Å². The number of carboxylic acid groups (broad SMARTS) is 1. The van der Waals surface area contributed by atoms with Crippen LogP contribution in [0.2, 0.25) is 0 Å². The third-order valence-corrected chi connectivity index (χ3v) is 6.14. The van der Waals surface area contributed by atoms with Crippen molar-refractivity contribution in [3.05, 3.63) is 35.9 Å². The molecule has 0 bridgehead atoms. The number of rotatable bonds is 15. The van der Waals surface area contributed by atoms with E-state index >= 15 is 0 Å². The van der Waals surface area contributed by atoms with Gasteiger partial charge in [-0.15, -0.1) is 0 Å². The number of aliphatic carboxylic acids is 1. The van der Waals surface area contributed by atoms with Gasteiger partial charge in [0, 0.05) is 6.42 Å². The first kappa shape index (κ1) is 31.1. The van der Waals surface area contributed by atoms with E-state index in [9.17, 15) is 24.3 Å². The first-order chi connectivity index (χ1) is 16.8. The van der Waals surface area contributed by atoms with Gasteiger partial charge in [0.1, 0.15) is 18.1 Å². The number of benzene rings is 1. The molecule has 0 saturated carbocycles. The Hall–Kier alpha value is -2.94. The van der Waals surface area contributed by atoms with Crippen molar-refractivity contribution >= 4 is 23.7 Å². The minimum absolute atomic E-state index is 0.0511. The van der Waals surface area contributed by atoms with Gasteiger partial charge >= 0.3 is 5.97 Å². The van der Waals surface area contributed by atoms with Crippen molar-refractivity contribution in [2.24, 2.45) is 23.5 Å².